The molecule has 0 aliphatic heterocycles. The molecule has 0 saturated carbocycles. The minimum Gasteiger partial charge on any atom is -0.394 e. The zero-order valence-corrected chi connectivity index (χ0v) is 17.9. The van der Waals surface area contributed by atoms with Crippen LogP contribution in [-0.2, 0) is 13.0 Å². The molecule has 32 heavy (non-hydrogen) atoms. The number of rotatable bonds is 8. The summed E-state index contributed by atoms with van der Waals surface area (Å²) in [5.74, 6) is 0.242. The zero-order chi connectivity index (χ0) is 23.1. The quantitative estimate of drug-likeness (QED) is 0.496. The Morgan fingerprint density at radius 1 is 1.09 bits per heavy atom. The molecule has 0 atom stereocenters. The summed E-state index contributed by atoms with van der Waals surface area (Å²) in [5.41, 5.74) is 4.42. The number of aliphatic hydroxyl groups is 1. The van der Waals surface area contributed by atoms with E-state index in [0.29, 0.717) is 24.1 Å². The summed E-state index contributed by atoms with van der Waals surface area (Å²) in [5, 5.41) is 37.5. The summed E-state index contributed by atoms with van der Waals surface area (Å²) in [7, 11) is 0. The number of hydrogen-bond donors (Lipinski definition) is 3. The summed E-state index contributed by atoms with van der Waals surface area (Å²) in [6, 6.07) is 14.8. The highest BCUT2D eigenvalue weighted by Gasteiger charge is 2.13. The lowest BCUT2D eigenvalue weighted by Crippen LogP contribution is -2.28. The Hall–Kier alpha value is -4.21. The minimum atomic E-state index is -0.478. The van der Waals surface area contributed by atoms with Crippen LogP contribution in [0.25, 0.3) is 0 Å². The van der Waals surface area contributed by atoms with Gasteiger partial charge in [-0.3, -0.25) is 4.79 Å². The van der Waals surface area contributed by atoms with E-state index in [1.165, 1.54) is 0 Å². The Kier molecular flexibility index (Phi) is 7.17. The summed E-state index contributed by atoms with van der Waals surface area (Å²) in [4.78, 5) is 17.1. The molecule has 0 bridgehead atoms. The van der Waals surface area contributed by atoms with Crippen LogP contribution < -0.4 is 16.2 Å². The molecule has 0 spiro atoms. The largest absolute Gasteiger partial charge is 0.394 e. The van der Waals surface area contributed by atoms with Crippen molar-refractivity contribution in [3.8, 4) is 12.1 Å². The van der Waals surface area contributed by atoms with E-state index in [1.807, 2.05) is 32.0 Å². The normalized spacial score (nSPS) is 10.3. The van der Waals surface area contributed by atoms with E-state index in [9.17, 15) is 9.90 Å². The Labute approximate surface area is 185 Å². The van der Waals surface area contributed by atoms with Crippen molar-refractivity contribution in [3.63, 3.8) is 0 Å². The molecule has 0 amide bonds. The van der Waals surface area contributed by atoms with Crippen LogP contribution in [-0.4, -0.2) is 26.5 Å². The van der Waals surface area contributed by atoms with Crippen molar-refractivity contribution >= 4 is 23.1 Å². The van der Waals surface area contributed by atoms with E-state index in [1.54, 1.807) is 24.3 Å². The van der Waals surface area contributed by atoms with Gasteiger partial charge in [0.05, 0.1) is 30.9 Å². The van der Waals surface area contributed by atoms with Crippen LogP contribution in [0.4, 0.5) is 23.1 Å². The number of benzene rings is 2. The van der Waals surface area contributed by atoms with Gasteiger partial charge in [-0.25, -0.2) is 4.68 Å². The fraction of sp³-hybridized carbons (Fsp3) is 0.261. The SMILES string of the molecule is Cc1cc(CCC#N)cc(C)c1Nc1nc(Nc2ccc(C#N)cc2)c(=O)n(CCO)n1. The highest BCUT2D eigenvalue weighted by molar-refractivity contribution is 5.65. The molecule has 0 saturated heterocycles. The first-order chi connectivity index (χ1) is 15.4. The summed E-state index contributed by atoms with van der Waals surface area (Å²) in [6.07, 6.45) is 1.13. The van der Waals surface area contributed by atoms with Crippen LogP contribution in [0.15, 0.2) is 41.2 Å². The van der Waals surface area contributed by atoms with Gasteiger partial charge in [0.2, 0.25) is 11.8 Å². The lowest BCUT2D eigenvalue weighted by atomic mass is 10.0. The molecule has 2 aromatic carbocycles. The maximum absolute atomic E-state index is 12.7. The molecule has 1 heterocycles. The molecule has 0 aliphatic carbocycles. The van der Waals surface area contributed by atoms with Crippen LogP contribution in [0.2, 0.25) is 0 Å². The molecule has 1 aromatic heterocycles. The van der Waals surface area contributed by atoms with Crippen molar-refractivity contribution in [3.05, 3.63) is 69.0 Å². The van der Waals surface area contributed by atoms with E-state index in [2.05, 4.69) is 26.8 Å². The van der Waals surface area contributed by atoms with Crippen LogP contribution in [0.3, 0.4) is 0 Å². The van der Waals surface area contributed by atoms with E-state index < -0.39 is 5.56 Å². The molecule has 162 valence electrons. The van der Waals surface area contributed by atoms with E-state index in [4.69, 9.17) is 10.5 Å². The van der Waals surface area contributed by atoms with Crippen molar-refractivity contribution in [2.24, 2.45) is 0 Å². The van der Waals surface area contributed by atoms with Crippen LogP contribution in [0.1, 0.15) is 28.7 Å². The summed E-state index contributed by atoms with van der Waals surface area (Å²) in [6.45, 7) is 3.66. The molecular formula is C23H23N7O2. The van der Waals surface area contributed by atoms with Crippen molar-refractivity contribution in [2.45, 2.75) is 33.2 Å². The molecule has 0 aliphatic rings. The molecule has 0 unspecified atom stereocenters. The highest BCUT2D eigenvalue weighted by atomic mass is 16.3. The van der Waals surface area contributed by atoms with Crippen molar-refractivity contribution in [2.75, 3.05) is 17.2 Å². The fourth-order valence-electron chi connectivity index (χ4n) is 3.31. The number of aliphatic hydroxyl groups excluding tert-OH is 1. The van der Waals surface area contributed by atoms with E-state index in [0.717, 1.165) is 27.1 Å². The second-order valence-corrected chi connectivity index (χ2v) is 7.24. The summed E-state index contributed by atoms with van der Waals surface area (Å²) >= 11 is 0. The first kappa shape index (κ1) is 22.5. The Bertz CT molecular complexity index is 1230. The third kappa shape index (κ3) is 5.28. The second-order valence-electron chi connectivity index (χ2n) is 7.24. The maximum atomic E-state index is 12.7. The average Bonchev–Trinajstić information content (AvgIpc) is 2.78. The topological polar surface area (TPSA) is 140 Å². The first-order valence-corrected chi connectivity index (χ1v) is 10.1. The molecule has 0 radical (unpaired) electrons. The van der Waals surface area contributed by atoms with Gasteiger partial charge in [-0.2, -0.15) is 15.5 Å². The number of aryl methyl sites for hydroxylation is 3. The molecule has 9 heteroatoms. The molecule has 3 aromatic rings. The predicted molar refractivity (Wildman–Crippen MR) is 121 cm³/mol. The monoisotopic (exact) mass is 429 g/mol. The number of nitrogens with zero attached hydrogens (tertiary/aromatic N) is 5. The third-order valence-corrected chi connectivity index (χ3v) is 4.81. The van der Waals surface area contributed by atoms with Crippen molar-refractivity contribution in [1.82, 2.24) is 14.8 Å². The number of aromatic nitrogens is 3. The Balaban J connectivity index is 1.95. The lowest BCUT2D eigenvalue weighted by molar-refractivity contribution is 0.266. The van der Waals surface area contributed by atoms with Gasteiger partial charge in [0, 0.05) is 17.8 Å². The van der Waals surface area contributed by atoms with E-state index in [-0.39, 0.29) is 24.9 Å². The highest BCUT2D eigenvalue weighted by Crippen LogP contribution is 2.25. The van der Waals surface area contributed by atoms with Gasteiger partial charge in [0.25, 0.3) is 0 Å². The first-order valence-electron chi connectivity index (χ1n) is 10.1. The van der Waals surface area contributed by atoms with Crippen molar-refractivity contribution < 1.29 is 5.11 Å². The molecule has 0 fully saturated rings. The molecule has 3 N–H and O–H groups in total. The average molecular weight is 429 g/mol. The third-order valence-electron chi connectivity index (χ3n) is 4.81. The smallest absolute Gasteiger partial charge is 0.310 e. The van der Waals surface area contributed by atoms with Crippen LogP contribution in [0, 0.1) is 36.5 Å². The molecular weight excluding hydrogens is 406 g/mol. The Morgan fingerprint density at radius 2 is 1.78 bits per heavy atom. The predicted octanol–water partition coefficient (Wildman–Crippen LogP) is 3.06. The number of anilines is 4. The number of nitriles is 2. The van der Waals surface area contributed by atoms with Crippen LogP contribution >= 0.6 is 0 Å². The lowest BCUT2D eigenvalue weighted by Gasteiger charge is -2.15. The van der Waals surface area contributed by atoms with Gasteiger partial charge in [0.1, 0.15) is 0 Å². The van der Waals surface area contributed by atoms with Crippen molar-refractivity contribution in [1.29, 1.82) is 10.5 Å². The van der Waals surface area contributed by atoms with Gasteiger partial charge in [0.15, 0.2) is 0 Å². The van der Waals surface area contributed by atoms with Gasteiger partial charge >= 0.3 is 5.56 Å². The fourth-order valence-corrected chi connectivity index (χ4v) is 3.31. The standard InChI is InChI=1S/C23H23N7O2/c1-15-12-18(4-3-9-24)13-16(2)20(15)27-23-28-21(22(32)30(29-23)10-11-31)26-19-7-5-17(14-25)6-8-19/h5-8,12-13,31H,3-4,10-11H2,1-2H3,(H2,26,27,28,29). The van der Waals surface area contributed by atoms with E-state index >= 15 is 0 Å². The number of nitrogens with one attached hydrogen (secondary N) is 2. The number of hydrogen-bond acceptors (Lipinski definition) is 8. The van der Waals surface area contributed by atoms with Crippen LogP contribution in [0.5, 0.6) is 0 Å². The second kappa shape index (κ2) is 10.2. The molecule has 3 rings (SSSR count). The maximum Gasteiger partial charge on any atom is 0.310 e. The van der Waals surface area contributed by atoms with Gasteiger partial charge in [-0.1, -0.05) is 12.1 Å². The minimum absolute atomic E-state index is 0.0170. The van der Waals surface area contributed by atoms with Gasteiger partial charge < -0.3 is 15.7 Å². The zero-order valence-electron chi connectivity index (χ0n) is 17.9. The summed E-state index contributed by atoms with van der Waals surface area (Å²) < 4.78 is 1.15. The van der Waals surface area contributed by atoms with Gasteiger partial charge in [-0.15, -0.1) is 5.10 Å². The van der Waals surface area contributed by atoms with Gasteiger partial charge in [-0.05, 0) is 61.2 Å². The Morgan fingerprint density at radius 3 is 2.38 bits per heavy atom. The molecule has 9 nitrogen and oxygen atoms in total.